The van der Waals surface area contributed by atoms with Gasteiger partial charge in [-0.25, -0.2) is 8.78 Å². The van der Waals surface area contributed by atoms with Crippen molar-refractivity contribution in [2.75, 3.05) is 6.54 Å². The number of benzene rings is 1. The first-order valence-electron chi connectivity index (χ1n) is 8.75. The van der Waals surface area contributed by atoms with Gasteiger partial charge in [-0.3, -0.25) is 4.79 Å². The number of carbonyl (C=O) groups excluding carboxylic acids is 1. The third kappa shape index (κ3) is 3.43. The lowest BCUT2D eigenvalue weighted by atomic mass is 10.0. The van der Waals surface area contributed by atoms with Gasteiger partial charge in [0.05, 0.1) is 18.2 Å². The van der Waals surface area contributed by atoms with Crippen molar-refractivity contribution in [1.29, 1.82) is 0 Å². The van der Waals surface area contributed by atoms with Crippen molar-refractivity contribution in [3.05, 3.63) is 52.4 Å². The molecule has 0 bridgehead atoms. The van der Waals surface area contributed by atoms with Crippen LogP contribution in [0, 0.1) is 11.6 Å². The summed E-state index contributed by atoms with van der Waals surface area (Å²) < 4.78 is 32.1. The second kappa shape index (κ2) is 7.33. The van der Waals surface area contributed by atoms with E-state index in [1.54, 1.807) is 11.0 Å². The molecule has 6 heteroatoms. The Labute approximate surface area is 145 Å². The van der Waals surface area contributed by atoms with Gasteiger partial charge in [-0.1, -0.05) is 25.1 Å². The molecule has 0 spiro atoms. The topological polar surface area (TPSA) is 46.3 Å². The normalized spacial score (nSPS) is 17.3. The molecule has 1 aromatic heterocycles. The number of carbonyl (C=O) groups is 1. The molecule has 25 heavy (non-hydrogen) atoms. The number of hydrogen-bond donors (Lipinski definition) is 0. The van der Waals surface area contributed by atoms with Crippen molar-refractivity contribution in [3.8, 4) is 0 Å². The predicted octanol–water partition coefficient (Wildman–Crippen LogP) is 3.98. The summed E-state index contributed by atoms with van der Waals surface area (Å²) in [6.07, 6.45) is 3.22. The Bertz CT molecular complexity index is 751. The third-order valence-corrected chi connectivity index (χ3v) is 4.84. The second-order valence-electron chi connectivity index (χ2n) is 6.33. The number of halogens is 2. The SMILES string of the molecule is CCc1noc(CC)c1CC(=O)N1CCC[C@H]1c1ccc(F)c(F)c1. The van der Waals surface area contributed by atoms with Crippen molar-refractivity contribution < 1.29 is 18.1 Å². The van der Waals surface area contributed by atoms with E-state index in [1.165, 1.54) is 6.07 Å². The maximum atomic E-state index is 13.6. The highest BCUT2D eigenvalue weighted by atomic mass is 19.2. The van der Waals surface area contributed by atoms with Crippen LogP contribution in [0.3, 0.4) is 0 Å². The number of rotatable bonds is 5. The van der Waals surface area contributed by atoms with Crippen molar-refractivity contribution in [2.45, 2.75) is 52.0 Å². The number of nitrogens with zero attached hydrogens (tertiary/aromatic N) is 2. The van der Waals surface area contributed by atoms with E-state index >= 15 is 0 Å². The lowest BCUT2D eigenvalue weighted by molar-refractivity contribution is -0.131. The zero-order valence-corrected chi connectivity index (χ0v) is 14.5. The molecule has 4 nitrogen and oxygen atoms in total. The molecule has 1 atom stereocenters. The average Bonchev–Trinajstić information content (AvgIpc) is 3.23. The van der Waals surface area contributed by atoms with Gasteiger partial charge in [0.15, 0.2) is 11.6 Å². The van der Waals surface area contributed by atoms with Crippen LogP contribution in [0.5, 0.6) is 0 Å². The van der Waals surface area contributed by atoms with E-state index in [0.29, 0.717) is 24.9 Å². The summed E-state index contributed by atoms with van der Waals surface area (Å²) >= 11 is 0. The minimum absolute atomic E-state index is 0.0279. The van der Waals surface area contributed by atoms with Crippen molar-refractivity contribution in [1.82, 2.24) is 10.1 Å². The standard InChI is InChI=1S/C19H22F2N2O2/c1-3-16-13(18(4-2)25-22-16)11-19(24)23-9-5-6-17(23)12-7-8-14(20)15(21)10-12/h7-8,10,17H,3-6,9,11H2,1-2H3/t17-/m0/s1. The Balaban J connectivity index is 1.81. The zero-order valence-electron chi connectivity index (χ0n) is 14.5. The van der Waals surface area contributed by atoms with E-state index in [-0.39, 0.29) is 18.4 Å². The monoisotopic (exact) mass is 348 g/mol. The molecule has 1 aliphatic heterocycles. The molecule has 1 amide bonds. The van der Waals surface area contributed by atoms with Crippen LogP contribution in [0.15, 0.2) is 22.7 Å². The molecule has 0 unspecified atom stereocenters. The molecule has 1 saturated heterocycles. The van der Waals surface area contributed by atoms with Gasteiger partial charge in [0, 0.05) is 18.5 Å². The summed E-state index contributed by atoms with van der Waals surface area (Å²) in [7, 11) is 0. The van der Waals surface area contributed by atoms with E-state index in [2.05, 4.69) is 5.16 Å². The molecule has 2 heterocycles. The Morgan fingerprint density at radius 2 is 2.08 bits per heavy atom. The van der Waals surface area contributed by atoms with Crippen LogP contribution in [0.1, 0.15) is 55.3 Å². The van der Waals surface area contributed by atoms with E-state index in [1.807, 2.05) is 13.8 Å². The van der Waals surface area contributed by atoms with Crippen LogP contribution in [0.4, 0.5) is 8.78 Å². The van der Waals surface area contributed by atoms with Gasteiger partial charge in [-0.15, -0.1) is 0 Å². The van der Waals surface area contributed by atoms with Gasteiger partial charge in [0.25, 0.3) is 0 Å². The lowest BCUT2D eigenvalue weighted by Crippen LogP contribution is -2.32. The molecule has 1 aromatic carbocycles. The molecule has 1 aliphatic rings. The van der Waals surface area contributed by atoms with Crippen molar-refractivity contribution in [2.24, 2.45) is 0 Å². The van der Waals surface area contributed by atoms with Gasteiger partial charge in [-0.2, -0.15) is 0 Å². The first-order chi connectivity index (χ1) is 12.0. The van der Waals surface area contributed by atoms with Crippen LogP contribution >= 0.6 is 0 Å². The molecule has 1 fully saturated rings. The Morgan fingerprint density at radius 3 is 2.76 bits per heavy atom. The maximum Gasteiger partial charge on any atom is 0.227 e. The molecular formula is C19H22F2N2O2. The largest absolute Gasteiger partial charge is 0.361 e. The maximum absolute atomic E-state index is 13.6. The molecule has 2 aromatic rings. The summed E-state index contributed by atoms with van der Waals surface area (Å²) in [5.74, 6) is -1.03. The quantitative estimate of drug-likeness (QED) is 0.821. The Kier molecular flexibility index (Phi) is 5.16. The summed E-state index contributed by atoms with van der Waals surface area (Å²) in [6.45, 7) is 4.57. The number of hydrogen-bond acceptors (Lipinski definition) is 3. The van der Waals surface area contributed by atoms with Gasteiger partial charge >= 0.3 is 0 Å². The molecule has 134 valence electrons. The number of aryl methyl sites for hydroxylation is 2. The minimum Gasteiger partial charge on any atom is -0.361 e. The lowest BCUT2D eigenvalue weighted by Gasteiger charge is -2.25. The van der Waals surface area contributed by atoms with Crippen molar-refractivity contribution in [3.63, 3.8) is 0 Å². The number of amides is 1. The van der Waals surface area contributed by atoms with Crippen LogP contribution in [0.2, 0.25) is 0 Å². The molecule has 0 saturated carbocycles. The summed E-state index contributed by atoms with van der Waals surface area (Å²) in [6, 6.07) is 3.66. The van der Waals surface area contributed by atoms with Gasteiger partial charge in [0.1, 0.15) is 5.76 Å². The first-order valence-corrected chi connectivity index (χ1v) is 8.75. The first kappa shape index (κ1) is 17.6. The van der Waals surface area contributed by atoms with Gasteiger partial charge in [0.2, 0.25) is 5.91 Å². The molecule has 0 radical (unpaired) electrons. The fourth-order valence-corrected chi connectivity index (χ4v) is 3.52. The van der Waals surface area contributed by atoms with Crippen LogP contribution in [-0.4, -0.2) is 22.5 Å². The van der Waals surface area contributed by atoms with E-state index < -0.39 is 11.6 Å². The fraction of sp³-hybridized carbons (Fsp3) is 0.474. The average molecular weight is 348 g/mol. The third-order valence-electron chi connectivity index (χ3n) is 4.84. The molecular weight excluding hydrogens is 326 g/mol. The Hall–Kier alpha value is -2.24. The smallest absolute Gasteiger partial charge is 0.227 e. The number of aromatic nitrogens is 1. The molecule has 0 N–H and O–H groups in total. The Morgan fingerprint density at radius 1 is 1.28 bits per heavy atom. The highest BCUT2D eigenvalue weighted by Crippen LogP contribution is 2.33. The number of likely N-dealkylation sites (tertiary alicyclic amines) is 1. The zero-order chi connectivity index (χ0) is 18.0. The van der Waals surface area contributed by atoms with Crippen LogP contribution in [0.25, 0.3) is 0 Å². The molecule has 0 aliphatic carbocycles. The van der Waals surface area contributed by atoms with Gasteiger partial charge < -0.3 is 9.42 Å². The van der Waals surface area contributed by atoms with Gasteiger partial charge in [-0.05, 0) is 37.0 Å². The van der Waals surface area contributed by atoms with E-state index in [9.17, 15) is 13.6 Å². The highest BCUT2D eigenvalue weighted by Gasteiger charge is 2.31. The fourth-order valence-electron chi connectivity index (χ4n) is 3.52. The van der Waals surface area contributed by atoms with E-state index in [4.69, 9.17) is 4.52 Å². The predicted molar refractivity (Wildman–Crippen MR) is 89.0 cm³/mol. The van der Waals surface area contributed by atoms with Crippen LogP contribution in [-0.2, 0) is 24.1 Å². The van der Waals surface area contributed by atoms with Crippen molar-refractivity contribution >= 4 is 5.91 Å². The highest BCUT2D eigenvalue weighted by molar-refractivity contribution is 5.80. The second-order valence-corrected chi connectivity index (χ2v) is 6.33. The van der Waals surface area contributed by atoms with E-state index in [0.717, 1.165) is 35.9 Å². The van der Waals surface area contributed by atoms with Crippen LogP contribution < -0.4 is 0 Å². The summed E-state index contributed by atoms with van der Waals surface area (Å²) in [5.41, 5.74) is 2.32. The minimum atomic E-state index is -0.877. The summed E-state index contributed by atoms with van der Waals surface area (Å²) in [5, 5.41) is 4.05. The summed E-state index contributed by atoms with van der Waals surface area (Å²) in [4.78, 5) is 14.6. The molecule has 3 rings (SSSR count).